The first-order chi connectivity index (χ1) is 20.9. The number of likely N-dealkylation sites (tertiary alicyclic amines) is 1. The summed E-state index contributed by atoms with van der Waals surface area (Å²) < 4.78 is 56.3. The third kappa shape index (κ3) is 13.1. The van der Waals surface area contributed by atoms with Gasteiger partial charge in [-0.1, -0.05) is 51.9 Å². The fraction of sp³-hybridized carbons (Fsp3) is 0.645. The van der Waals surface area contributed by atoms with Crippen molar-refractivity contribution in [2.24, 2.45) is 5.92 Å². The molecule has 2 aliphatic rings. The molecule has 1 unspecified atom stereocenters. The number of methoxy groups -OCH3 is 1. The number of nitrogens with one attached hydrogen (secondary N) is 3. The standard InChI is InChI=1S/C20H24F3N5O2.C9H18.C2H7NOS/c1-12-15(20(21,22)23)11-24-19(25-12)27-16-5-4-13(10-17(16)30-3)18(29)26-14-6-8-28(2)9-7-14;1-2-6-9-7-4-3-5-8-9;1-3-5(2)4/h4-5,10-11,14H,6-9H2,1-3H3,(H,26,29)(H,24,25,27);9H,2-8H2,1H3;3H,1-2H3. The number of anilines is 2. The van der Waals surface area contributed by atoms with Gasteiger partial charge in [0, 0.05) is 24.1 Å². The topological polar surface area (TPSA) is 108 Å². The third-order valence-electron chi connectivity index (χ3n) is 7.76. The van der Waals surface area contributed by atoms with Gasteiger partial charge < -0.3 is 20.3 Å². The summed E-state index contributed by atoms with van der Waals surface area (Å²) in [6.07, 6.45) is 10.0. The number of nitrogens with zero attached hydrogens (tertiary/aromatic N) is 3. The SMILES string of the molecule is CCCC1CCCCC1.CNS(C)=O.COc1cc(C(=O)NC2CCN(C)CC2)ccc1Nc1ncc(C(F)(F)F)c(C)n1. The number of aryl methyl sites for hydroxylation is 1. The van der Waals surface area contributed by atoms with E-state index in [1.807, 2.05) is 0 Å². The highest BCUT2D eigenvalue weighted by Crippen LogP contribution is 2.32. The largest absolute Gasteiger partial charge is 0.495 e. The van der Waals surface area contributed by atoms with Crippen LogP contribution in [-0.2, 0) is 17.2 Å². The van der Waals surface area contributed by atoms with E-state index in [2.05, 4.69) is 44.2 Å². The minimum atomic E-state index is -4.51. The molecule has 1 saturated heterocycles. The Balaban J connectivity index is 0.000000397. The summed E-state index contributed by atoms with van der Waals surface area (Å²) in [6.45, 7) is 5.44. The van der Waals surface area contributed by atoms with Gasteiger partial charge in [0.05, 0.1) is 35.0 Å². The molecule has 0 radical (unpaired) electrons. The number of ether oxygens (including phenoxy) is 1. The monoisotopic (exact) mass is 642 g/mol. The van der Waals surface area contributed by atoms with Crippen LogP contribution < -0.4 is 20.1 Å². The van der Waals surface area contributed by atoms with Crippen molar-refractivity contribution in [1.29, 1.82) is 0 Å². The molecule has 4 rings (SSSR count). The second-order valence-corrected chi connectivity index (χ2v) is 12.5. The first-order valence-corrected chi connectivity index (χ1v) is 16.8. The second kappa shape index (κ2) is 18.9. The molecule has 0 bridgehead atoms. The Morgan fingerprint density at radius 1 is 1.14 bits per heavy atom. The zero-order valence-electron chi connectivity index (χ0n) is 26.9. The van der Waals surface area contributed by atoms with Gasteiger partial charge in [0.15, 0.2) is 0 Å². The summed E-state index contributed by atoms with van der Waals surface area (Å²) >= 11 is 0. The van der Waals surface area contributed by atoms with Gasteiger partial charge in [0.2, 0.25) is 5.95 Å². The molecule has 1 aliphatic carbocycles. The van der Waals surface area contributed by atoms with Gasteiger partial charge in [-0.15, -0.1) is 0 Å². The predicted octanol–water partition coefficient (Wildman–Crippen LogP) is 6.25. The Labute approximate surface area is 262 Å². The van der Waals surface area contributed by atoms with E-state index in [0.29, 0.717) is 17.0 Å². The Bertz CT molecular complexity index is 1180. The van der Waals surface area contributed by atoms with E-state index >= 15 is 0 Å². The van der Waals surface area contributed by atoms with Gasteiger partial charge in [-0.3, -0.25) is 4.79 Å². The van der Waals surface area contributed by atoms with Crippen LogP contribution in [0.2, 0.25) is 0 Å². The first kappa shape index (κ1) is 37.4. The molecule has 3 N–H and O–H groups in total. The average molecular weight is 643 g/mol. The lowest BCUT2D eigenvalue weighted by molar-refractivity contribution is -0.138. The summed E-state index contributed by atoms with van der Waals surface area (Å²) in [7, 11) is 4.32. The number of hydrogen-bond acceptors (Lipinski definition) is 7. The maximum Gasteiger partial charge on any atom is 0.419 e. The van der Waals surface area contributed by atoms with Gasteiger partial charge in [0.25, 0.3) is 5.91 Å². The van der Waals surface area contributed by atoms with Gasteiger partial charge in [0.1, 0.15) is 5.75 Å². The van der Waals surface area contributed by atoms with E-state index in [1.54, 1.807) is 31.5 Å². The fourth-order valence-electron chi connectivity index (χ4n) is 5.17. The molecule has 1 saturated carbocycles. The number of piperidine rings is 1. The van der Waals surface area contributed by atoms with Crippen LogP contribution >= 0.6 is 0 Å². The van der Waals surface area contributed by atoms with Crippen molar-refractivity contribution in [3.05, 3.63) is 41.2 Å². The molecule has 0 spiro atoms. The molecule has 2 aromatic rings. The molecule has 13 heteroatoms. The van der Waals surface area contributed by atoms with Crippen molar-refractivity contribution in [2.75, 3.05) is 45.9 Å². The van der Waals surface area contributed by atoms with Crippen molar-refractivity contribution in [3.63, 3.8) is 0 Å². The summed E-state index contributed by atoms with van der Waals surface area (Å²) in [5.41, 5.74) is -0.206. The molecule has 1 amide bonds. The van der Waals surface area contributed by atoms with E-state index < -0.39 is 22.7 Å². The van der Waals surface area contributed by atoms with E-state index in [0.717, 1.165) is 38.0 Å². The molecule has 1 aromatic carbocycles. The van der Waals surface area contributed by atoms with E-state index in [9.17, 15) is 22.2 Å². The minimum absolute atomic E-state index is 0.00215. The number of alkyl halides is 3. The van der Waals surface area contributed by atoms with Crippen molar-refractivity contribution in [3.8, 4) is 5.75 Å². The number of aromatic nitrogens is 2. The third-order valence-corrected chi connectivity index (χ3v) is 8.33. The molecule has 9 nitrogen and oxygen atoms in total. The summed E-state index contributed by atoms with van der Waals surface area (Å²) in [5.74, 6) is 1.26. The summed E-state index contributed by atoms with van der Waals surface area (Å²) in [6, 6.07) is 4.93. The van der Waals surface area contributed by atoms with Crippen LogP contribution in [-0.4, -0.2) is 71.6 Å². The maximum absolute atomic E-state index is 12.9. The lowest BCUT2D eigenvalue weighted by Crippen LogP contribution is -2.43. The number of amides is 1. The number of hydrogen-bond donors (Lipinski definition) is 3. The number of carbonyl (C=O) groups is 1. The lowest BCUT2D eigenvalue weighted by Gasteiger charge is -2.29. The Kier molecular flexibility index (Phi) is 16.1. The molecule has 1 aromatic heterocycles. The predicted molar refractivity (Wildman–Crippen MR) is 171 cm³/mol. The second-order valence-electron chi connectivity index (χ2n) is 11.2. The lowest BCUT2D eigenvalue weighted by atomic mass is 9.86. The molecule has 2 heterocycles. The Morgan fingerprint density at radius 3 is 2.30 bits per heavy atom. The van der Waals surface area contributed by atoms with Gasteiger partial charge in [-0.2, -0.15) is 13.2 Å². The quantitative estimate of drug-likeness (QED) is 0.313. The van der Waals surface area contributed by atoms with Crippen molar-refractivity contribution >= 4 is 28.5 Å². The molecular weight excluding hydrogens is 593 g/mol. The van der Waals surface area contributed by atoms with E-state index in [4.69, 9.17) is 4.74 Å². The van der Waals surface area contributed by atoms with Crippen molar-refractivity contribution in [1.82, 2.24) is 24.9 Å². The molecule has 44 heavy (non-hydrogen) atoms. The molecule has 2 fully saturated rings. The normalized spacial score (nSPS) is 16.9. The summed E-state index contributed by atoms with van der Waals surface area (Å²) in [4.78, 5) is 22.4. The number of carbonyl (C=O) groups excluding carboxylic acids is 1. The van der Waals surface area contributed by atoms with Gasteiger partial charge in [-0.05, 0) is 71.1 Å². The Morgan fingerprint density at radius 2 is 1.77 bits per heavy atom. The number of halogens is 3. The van der Waals surface area contributed by atoms with E-state index in [-0.39, 0.29) is 23.6 Å². The van der Waals surface area contributed by atoms with Crippen LogP contribution in [0.1, 0.15) is 86.3 Å². The number of rotatable bonds is 8. The summed E-state index contributed by atoms with van der Waals surface area (Å²) in [5, 5.41) is 5.87. The van der Waals surface area contributed by atoms with Gasteiger partial charge >= 0.3 is 6.18 Å². The fourth-order valence-corrected chi connectivity index (χ4v) is 5.17. The molecule has 1 atom stereocenters. The van der Waals surface area contributed by atoms with Crippen molar-refractivity contribution in [2.45, 2.75) is 83.9 Å². The maximum atomic E-state index is 12.9. The smallest absolute Gasteiger partial charge is 0.419 e. The molecule has 248 valence electrons. The van der Waals surface area contributed by atoms with Crippen LogP contribution in [0.5, 0.6) is 5.75 Å². The molecule has 1 aliphatic heterocycles. The minimum Gasteiger partial charge on any atom is -0.495 e. The zero-order chi connectivity index (χ0) is 32.7. The first-order valence-electron chi connectivity index (χ1n) is 15.2. The van der Waals surface area contributed by atoms with Crippen LogP contribution in [0.25, 0.3) is 0 Å². The van der Waals surface area contributed by atoms with Crippen LogP contribution in [0.15, 0.2) is 24.4 Å². The number of benzene rings is 1. The Hall–Kier alpha value is -2.77. The highest BCUT2D eigenvalue weighted by molar-refractivity contribution is 7.82. The van der Waals surface area contributed by atoms with Crippen molar-refractivity contribution < 1.29 is 26.9 Å². The van der Waals surface area contributed by atoms with Crippen LogP contribution in [0.4, 0.5) is 24.8 Å². The highest BCUT2D eigenvalue weighted by Gasteiger charge is 2.33. The highest BCUT2D eigenvalue weighted by atomic mass is 32.2. The average Bonchev–Trinajstić information content (AvgIpc) is 2.99. The molecular formula is C31H49F3N6O3S. The van der Waals surface area contributed by atoms with Gasteiger partial charge in [-0.25, -0.2) is 18.9 Å². The van der Waals surface area contributed by atoms with Crippen LogP contribution in [0, 0.1) is 12.8 Å². The van der Waals surface area contributed by atoms with Crippen LogP contribution in [0.3, 0.4) is 0 Å². The zero-order valence-corrected chi connectivity index (χ0v) is 27.7. The van der Waals surface area contributed by atoms with E-state index in [1.165, 1.54) is 59.0 Å².